The fourth-order valence-electron chi connectivity index (χ4n) is 2.07. The molecule has 0 aliphatic heterocycles. The van der Waals surface area contributed by atoms with E-state index in [-0.39, 0.29) is 0 Å². The van der Waals surface area contributed by atoms with Gasteiger partial charge in [0.15, 0.2) is 0 Å². The van der Waals surface area contributed by atoms with Crippen LogP contribution in [0.15, 0.2) is 24.4 Å². The van der Waals surface area contributed by atoms with Gasteiger partial charge >= 0.3 is 0 Å². The summed E-state index contributed by atoms with van der Waals surface area (Å²) in [4.78, 5) is 8.43. The third-order valence-electron chi connectivity index (χ3n) is 2.82. The Labute approximate surface area is 107 Å². The molecule has 0 fully saturated rings. The second-order valence-corrected chi connectivity index (χ2v) is 4.46. The molecule has 1 aromatic heterocycles. The van der Waals surface area contributed by atoms with E-state index in [1.807, 2.05) is 6.07 Å². The van der Waals surface area contributed by atoms with Gasteiger partial charge in [-0.1, -0.05) is 17.7 Å². The zero-order valence-corrected chi connectivity index (χ0v) is 11.0. The Hall–Kier alpha value is -1.94. The maximum atomic E-state index is 5.54. The van der Waals surface area contributed by atoms with Crippen LogP contribution in [0.25, 0.3) is 0 Å². The van der Waals surface area contributed by atoms with Gasteiger partial charge in [-0.3, -0.25) is 0 Å². The van der Waals surface area contributed by atoms with Crippen LogP contribution in [0.4, 0.5) is 11.5 Å². The first-order valence-electron chi connectivity index (χ1n) is 5.97. The third-order valence-corrected chi connectivity index (χ3v) is 2.82. The zero-order valence-electron chi connectivity index (χ0n) is 11.0. The number of anilines is 2. The smallest absolute Gasteiger partial charge is 0.144 e. The van der Waals surface area contributed by atoms with Crippen molar-refractivity contribution in [3.05, 3.63) is 46.9 Å². The molecule has 0 radical (unpaired) electrons. The predicted octanol–water partition coefficient (Wildman–Crippen LogP) is 2.60. The monoisotopic (exact) mass is 242 g/mol. The number of benzene rings is 1. The van der Waals surface area contributed by atoms with Crippen LogP contribution < -0.4 is 11.1 Å². The highest BCUT2D eigenvalue weighted by atomic mass is 15.0. The van der Waals surface area contributed by atoms with Crippen molar-refractivity contribution >= 4 is 11.5 Å². The van der Waals surface area contributed by atoms with Crippen molar-refractivity contribution in [3.8, 4) is 0 Å². The van der Waals surface area contributed by atoms with Crippen molar-refractivity contribution < 1.29 is 0 Å². The largest absolute Gasteiger partial charge is 0.340 e. The molecule has 0 aliphatic rings. The highest BCUT2D eigenvalue weighted by Gasteiger charge is 2.05. The molecule has 2 aromatic rings. The van der Waals surface area contributed by atoms with Crippen LogP contribution in [0.2, 0.25) is 0 Å². The normalized spacial score (nSPS) is 10.4. The van der Waals surface area contributed by atoms with E-state index in [1.54, 1.807) is 6.20 Å². The van der Waals surface area contributed by atoms with Crippen LogP contribution in [-0.4, -0.2) is 9.97 Å². The standard InChI is InChI=1S/C14H18N4/c1-9-6-10(2)14(11(3)7-9)18-12-4-5-16-13(8-15)17-12/h4-7H,8,15H2,1-3H3,(H,16,17,18). The van der Waals surface area contributed by atoms with Crippen LogP contribution in [0, 0.1) is 20.8 Å². The number of nitrogens with two attached hydrogens (primary N) is 1. The van der Waals surface area contributed by atoms with Gasteiger partial charge in [-0.15, -0.1) is 0 Å². The Morgan fingerprint density at radius 3 is 2.44 bits per heavy atom. The summed E-state index contributed by atoms with van der Waals surface area (Å²) in [5.74, 6) is 1.42. The second kappa shape index (κ2) is 5.14. The van der Waals surface area contributed by atoms with E-state index in [4.69, 9.17) is 5.73 Å². The second-order valence-electron chi connectivity index (χ2n) is 4.46. The van der Waals surface area contributed by atoms with Gasteiger partial charge in [0.2, 0.25) is 0 Å². The molecule has 0 atom stereocenters. The number of hydrogen-bond donors (Lipinski definition) is 2. The highest BCUT2D eigenvalue weighted by molar-refractivity contribution is 5.65. The fraction of sp³-hybridized carbons (Fsp3) is 0.286. The number of nitrogens with one attached hydrogen (secondary N) is 1. The van der Waals surface area contributed by atoms with E-state index >= 15 is 0 Å². The number of aryl methyl sites for hydroxylation is 3. The first kappa shape index (κ1) is 12.5. The molecule has 2 rings (SSSR count). The van der Waals surface area contributed by atoms with Crippen molar-refractivity contribution in [2.24, 2.45) is 5.73 Å². The van der Waals surface area contributed by atoms with Gasteiger partial charge < -0.3 is 11.1 Å². The molecule has 0 amide bonds. The van der Waals surface area contributed by atoms with E-state index in [0.717, 1.165) is 11.5 Å². The molecular weight excluding hydrogens is 224 g/mol. The van der Waals surface area contributed by atoms with Gasteiger partial charge in [-0.05, 0) is 38.0 Å². The zero-order chi connectivity index (χ0) is 13.1. The molecule has 0 bridgehead atoms. The summed E-state index contributed by atoms with van der Waals surface area (Å²) in [6, 6.07) is 6.15. The van der Waals surface area contributed by atoms with Gasteiger partial charge in [0.05, 0.1) is 6.54 Å². The summed E-state index contributed by atoms with van der Waals surface area (Å²) in [6.45, 7) is 6.63. The first-order valence-corrected chi connectivity index (χ1v) is 5.97. The lowest BCUT2D eigenvalue weighted by Gasteiger charge is -2.13. The Morgan fingerprint density at radius 2 is 1.83 bits per heavy atom. The van der Waals surface area contributed by atoms with E-state index < -0.39 is 0 Å². The molecule has 18 heavy (non-hydrogen) atoms. The summed E-state index contributed by atoms with van der Waals surface area (Å²) < 4.78 is 0. The van der Waals surface area contributed by atoms with Crippen LogP contribution in [0.3, 0.4) is 0 Å². The minimum Gasteiger partial charge on any atom is -0.340 e. The molecular formula is C14H18N4. The lowest BCUT2D eigenvalue weighted by atomic mass is 10.1. The van der Waals surface area contributed by atoms with Crippen molar-refractivity contribution in [3.63, 3.8) is 0 Å². The van der Waals surface area contributed by atoms with E-state index in [2.05, 4.69) is 48.2 Å². The summed E-state index contributed by atoms with van der Waals surface area (Å²) in [7, 11) is 0. The molecule has 4 heteroatoms. The highest BCUT2D eigenvalue weighted by Crippen LogP contribution is 2.24. The van der Waals surface area contributed by atoms with Crippen molar-refractivity contribution in [2.75, 3.05) is 5.32 Å². The molecule has 94 valence electrons. The van der Waals surface area contributed by atoms with Gasteiger partial charge in [0, 0.05) is 11.9 Å². The molecule has 1 heterocycles. The molecule has 0 spiro atoms. The Balaban J connectivity index is 2.33. The minimum atomic E-state index is 0.349. The molecule has 1 aromatic carbocycles. The van der Waals surface area contributed by atoms with Gasteiger partial charge in [-0.2, -0.15) is 0 Å². The Bertz CT molecular complexity index is 540. The van der Waals surface area contributed by atoms with Crippen molar-refractivity contribution in [2.45, 2.75) is 27.3 Å². The SMILES string of the molecule is Cc1cc(C)c(Nc2ccnc(CN)n2)c(C)c1. The van der Waals surface area contributed by atoms with E-state index in [0.29, 0.717) is 12.4 Å². The Morgan fingerprint density at radius 1 is 1.17 bits per heavy atom. The third kappa shape index (κ3) is 2.65. The fourth-order valence-corrected chi connectivity index (χ4v) is 2.07. The molecule has 3 N–H and O–H groups in total. The average Bonchev–Trinajstić information content (AvgIpc) is 2.34. The van der Waals surface area contributed by atoms with Crippen LogP contribution in [0.5, 0.6) is 0 Å². The van der Waals surface area contributed by atoms with Crippen molar-refractivity contribution in [1.82, 2.24) is 9.97 Å². The topological polar surface area (TPSA) is 63.8 Å². The van der Waals surface area contributed by atoms with E-state index in [1.165, 1.54) is 16.7 Å². The summed E-state index contributed by atoms with van der Waals surface area (Å²) in [5.41, 5.74) is 10.3. The number of hydrogen-bond acceptors (Lipinski definition) is 4. The van der Waals surface area contributed by atoms with Crippen LogP contribution in [0.1, 0.15) is 22.5 Å². The minimum absolute atomic E-state index is 0.349. The summed E-state index contributed by atoms with van der Waals surface area (Å²) in [6.07, 6.45) is 1.72. The summed E-state index contributed by atoms with van der Waals surface area (Å²) >= 11 is 0. The summed E-state index contributed by atoms with van der Waals surface area (Å²) in [5, 5.41) is 3.34. The van der Waals surface area contributed by atoms with Crippen molar-refractivity contribution in [1.29, 1.82) is 0 Å². The molecule has 0 unspecified atom stereocenters. The van der Waals surface area contributed by atoms with Gasteiger partial charge in [0.1, 0.15) is 11.6 Å². The van der Waals surface area contributed by atoms with Crippen LogP contribution in [-0.2, 0) is 6.54 Å². The Kier molecular flexibility index (Phi) is 3.58. The number of aromatic nitrogens is 2. The molecule has 0 aliphatic carbocycles. The number of nitrogens with zero attached hydrogens (tertiary/aromatic N) is 2. The van der Waals surface area contributed by atoms with Crippen LogP contribution >= 0.6 is 0 Å². The molecule has 0 saturated heterocycles. The maximum absolute atomic E-state index is 5.54. The lowest BCUT2D eigenvalue weighted by Crippen LogP contribution is -2.05. The van der Waals surface area contributed by atoms with Gasteiger partial charge in [-0.25, -0.2) is 9.97 Å². The predicted molar refractivity (Wildman–Crippen MR) is 73.9 cm³/mol. The number of rotatable bonds is 3. The maximum Gasteiger partial charge on any atom is 0.144 e. The van der Waals surface area contributed by atoms with E-state index in [9.17, 15) is 0 Å². The average molecular weight is 242 g/mol. The molecule has 0 saturated carbocycles. The molecule has 4 nitrogen and oxygen atoms in total. The lowest BCUT2D eigenvalue weighted by molar-refractivity contribution is 0.912. The van der Waals surface area contributed by atoms with Gasteiger partial charge in [0.25, 0.3) is 0 Å². The quantitative estimate of drug-likeness (QED) is 0.868. The first-order chi connectivity index (χ1) is 8.60.